The van der Waals surface area contributed by atoms with Gasteiger partial charge in [0, 0.05) is 18.9 Å². The number of carbonyl (C=O) groups excluding carboxylic acids is 3. The van der Waals surface area contributed by atoms with E-state index in [4.69, 9.17) is 4.74 Å². The van der Waals surface area contributed by atoms with E-state index in [0.717, 1.165) is 0 Å². The van der Waals surface area contributed by atoms with E-state index in [1.165, 1.54) is 14.0 Å². The Hall–Kier alpha value is -2.17. The van der Waals surface area contributed by atoms with Gasteiger partial charge in [0.2, 0.25) is 0 Å². The third-order valence-electron chi connectivity index (χ3n) is 2.48. The van der Waals surface area contributed by atoms with Crippen LogP contribution in [0, 0.1) is 0 Å². The van der Waals surface area contributed by atoms with Crippen molar-refractivity contribution in [2.75, 3.05) is 13.7 Å². The molecule has 102 valence electrons. The lowest BCUT2D eigenvalue weighted by Gasteiger charge is -2.03. The topological polar surface area (TPSA) is 69.7 Å². The molecule has 1 aromatic rings. The molecular formula is C14H16O5. The number of hydrogen-bond acceptors (Lipinski definition) is 5. The van der Waals surface area contributed by atoms with Crippen LogP contribution < -0.4 is 0 Å². The van der Waals surface area contributed by atoms with Gasteiger partial charge < -0.3 is 9.47 Å². The summed E-state index contributed by atoms with van der Waals surface area (Å²) in [5, 5.41) is 0. The minimum atomic E-state index is -0.436. The molecule has 0 fully saturated rings. The summed E-state index contributed by atoms with van der Waals surface area (Å²) in [7, 11) is 1.30. The number of ether oxygens (including phenoxy) is 2. The number of carbonyl (C=O) groups is 3. The summed E-state index contributed by atoms with van der Waals surface area (Å²) >= 11 is 0. The molecular weight excluding hydrogens is 248 g/mol. The first-order valence-corrected chi connectivity index (χ1v) is 5.89. The number of hydrogen-bond donors (Lipinski definition) is 0. The molecule has 1 aromatic carbocycles. The molecule has 0 heterocycles. The van der Waals surface area contributed by atoms with E-state index in [1.807, 2.05) is 0 Å². The van der Waals surface area contributed by atoms with E-state index in [2.05, 4.69) is 4.74 Å². The van der Waals surface area contributed by atoms with Crippen LogP contribution in [0.3, 0.4) is 0 Å². The molecule has 0 unspecified atom stereocenters. The Bertz CT molecular complexity index is 461. The third-order valence-corrected chi connectivity index (χ3v) is 2.48. The fourth-order valence-electron chi connectivity index (χ4n) is 1.50. The summed E-state index contributed by atoms with van der Waals surface area (Å²) in [6.07, 6.45) is 0.780. The molecule has 0 aliphatic rings. The van der Waals surface area contributed by atoms with Crippen LogP contribution in [0.25, 0.3) is 0 Å². The Morgan fingerprint density at radius 2 is 1.63 bits per heavy atom. The van der Waals surface area contributed by atoms with Crippen molar-refractivity contribution in [3.8, 4) is 0 Å². The molecule has 0 bridgehead atoms. The molecule has 0 amide bonds. The minimum absolute atomic E-state index is 0.0523. The molecule has 19 heavy (non-hydrogen) atoms. The van der Waals surface area contributed by atoms with Crippen molar-refractivity contribution in [3.05, 3.63) is 35.4 Å². The van der Waals surface area contributed by atoms with Crippen molar-refractivity contribution in [1.82, 2.24) is 0 Å². The van der Waals surface area contributed by atoms with Gasteiger partial charge in [-0.2, -0.15) is 0 Å². The van der Waals surface area contributed by atoms with E-state index in [9.17, 15) is 14.4 Å². The number of methoxy groups -OCH3 is 1. The molecule has 0 radical (unpaired) electrons. The zero-order chi connectivity index (χ0) is 14.3. The van der Waals surface area contributed by atoms with Crippen molar-refractivity contribution in [2.24, 2.45) is 0 Å². The van der Waals surface area contributed by atoms with Gasteiger partial charge in [0.15, 0.2) is 5.78 Å². The van der Waals surface area contributed by atoms with Crippen LogP contribution in [0.5, 0.6) is 0 Å². The second kappa shape index (κ2) is 7.31. The van der Waals surface area contributed by atoms with Crippen molar-refractivity contribution in [2.45, 2.75) is 19.8 Å². The molecule has 1 rings (SSSR count). The standard InChI is InChI=1S/C14H16O5/c1-10(15)19-9-3-4-13(16)11-5-7-12(8-6-11)14(17)18-2/h5-8H,3-4,9H2,1-2H3. The van der Waals surface area contributed by atoms with Gasteiger partial charge in [-0.15, -0.1) is 0 Å². The van der Waals surface area contributed by atoms with E-state index >= 15 is 0 Å². The average Bonchev–Trinajstić information content (AvgIpc) is 2.42. The molecule has 0 saturated heterocycles. The predicted molar refractivity (Wildman–Crippen MR) is 68.0 cm³/mol. The van der Waals surface area contributed by atoms with Crippen molar-refractivity contribution >= 4 is 17.7 Å². The van der Waals surface area contributed by atoms with Gasteiger partial charge in [0.25, 0.3) is 0 Å². The zero-order valence-corrected chi connectivity index (χ0v) is 11.0. The van der Waals surface area contributed by atoms with E-state index in [0.29, 0.717) is 24.0 Å². The highest BCUT2D eigenvalue weighted by Crippen LogP contribution is 2.09. The fraction of sp³-hybridized carbons (Fsp3) is 0.357. The summed E-state index contributed by atoms with van der Waals surface area (Å²) in [6, 6.07) is 6.26. The summed E-state index contributed by atoms with van der Waals surface area (Å²) in [5.41, 5.74) is 0.925. The van der Waals surface area contributed by atoms with Gasteiger partial charge >= 0.3 is 11.9 Å². The van der Waals surface area contributed by atoms with Crippen LogP contribution >= 0.6 is 0 Å². The van der Waals surface area contributed by atoms with Gasteiger partial charge in [-0.1, -0.05) is 12.1 Å². The lowest BCUT2D eigenvalue weighted by atomic mass is 10.0. The Balaban J connectivity index is 2.49. The van der Waals surface area contributed by atoms with Gasteiger partial charge in [-0.05, 0) is 18.6 Å². The van der Waals surface area contributed by atoms with Gasteiger partial charge in [-0.25, -0.2) is 4.79 Å². The summed E-state index contributed by atoms with van der Waals surface area (Å²) in [5.74, 6) is -0.840. The minimum Gasteiger partial charge on any atom is -0.466 e. The average molecular weight is 264 g/mol. The van der Waals surface area contributed by atoms with Crippen molar-refractivity contribution in [1.29, 1.82) is 0 Å². The first kappa shape index (κ1) is 14.9. The lowest BCUT2D eigenvalue weighted by Crippen LogP contribution is -2.06. The molecule has 0 atom stereocenters. The van der Waals surface area contributed by atoms with E-state index in [-0.39, 0.29) is 18.4 Å². The highest BCUT2D eigenvalue weighted by Gasteiger charge is 2.09. The Morgan fingerprint density at radius 1 is 1.05 bits per heavy atom. The number of ketones is 1. The molecule has 0 saturated carbocycles. The Kier molecular flexibility index (Phi) is 5.73. The molecule has 0 N–H and O–H groups in total. The quantitative estimate of drug-likeness (QED) is 0.446. The first-order chi connectivity index (χ1) is 9.04. The number of benzene rings is 1. The maximum atomic E-state index is 11.8. The summed E-state index contributed by atoms with van der Waals surface area (Å²) in [6.45, 7) is 1.56. The highest BCUT2D eigenvalue weighted by atomic mass is 16.5. The largest absolute Gasteiger partial charge is 0.466 e. The smallest absolute Gasteiger partial charge is 0.337 e. The van der Waals surface area contributed by atoms with Crippen LogP contribution in [0.4, 0.5) is 0 Å². The number of esters is 2. The van der Waals surface area contributed by atoms with Crippen LogP contribution in [0.1, 0.15) is 40.5 Å². The Labute approximate surface area is 111 Å². The number of rotatable bonds is 6. The van der Waals surface area contributed by atoms with E-state index < -0.39 is 5.97 Å². The summed E-state index contributed by atoms with van der Waals surface area (Å²) < 4.78 is 9.31. The SMILES string of the molecule is COC(=O)c1ccc(C(=O)CCCOC(C)=O)cc1. The van der Waals surface area contributed by atoms with Crippen LogP contribution in [0.15, 0.2) is 24.3 Å². The maximum absolute atomic E-state index is 11.8. The lowest BCUT2D eigenvalue weighted by molar-refractivity contribution is -0.141. The van der Waals surface area contributed by atoms with Crippen LogP contribution in [0.2, 0.25) is 0 Å². The maximum Gasteiger partial charge on any atom is 0.337 e. The van der Waals surface area contributed by atoms with E-state index in [1.54, 1.807) is 24.3 Å². The van der Waals surface area contributed by atoms with Crippen LogP contribution in [-0.4, -0.2) is 31.4 Å². The molecule has 0 aliphatic carbocycles. The molecule has 5 nitrogen and oxygen atoms in total. The first-order valence-electron chi connectivity index (χ1n) is 5.89. The zero-order valence-electron chi connectivity index (χ0n) is 11.0. The van der Waals surface area contributed by atoms with Crippen molar-refractivity contribution in [3.63, 3.8) is 0 Å². The van der Waals surface area contributed by atoms with Crippen LogP contribution in [-0.2, 0) is 14.3 Å². The van der Waals surface area contributed by atoms with Gasteiger partial charge in [-0.3, -0.25) is 9.59 Å². The molecule has 0 aromatic heterocycles. The Morgan fingerprint density at radius 3 is 2.16 bits per heavy atom. The molecule has 0 aliphatic heterocycles. The molecule has 5 heteroatoms. The highest BCUT2D eigenvalue weighted by molar-refractivity contribution is 5.97. The summed E-state index contributed by atoms with van der Waals surface area (Å²) in [4.78, 5) is 33.5. The monoisotopic (exact) mass is 264 g/mol. The molecule has 0 spiro atoms. The fourth-order valence-corrected chi connectivity index (χ4v) is 1.50. The van der Waals surface area contributed by atoms with Gasteiger partial charge in [0.1, 0.15) is 0 Å². The second-order valence-corrected chi connectivity index (χ2v) is 3.94. The normalized spacial score (nSPS) is 9.79. The third kappa shape index (κ3) is 4.91. The number of Topliss-reactive ketones (excluding diaryl/α,β-unsaturated/α-hetero) is 1. The second-order valence-electron chi connectivity index (χ2n) is 3.94. The predicted octanol–water partition coefficient (Wildman–Crippen LogP) is 2.00. The van der Waals surface area contributed by atoms with Crippen molar-refractivity contribution < 1.29 is 23.9 Å². The van der Waals surface area contributed by atoms with Gasteiger partial charge in [0.05, 0.1) is 19.3 Å².